The highest BCUT2D eigenvalue weighted by atomic mass is 15.2. The molecule has 0 radical (unpaired) electrons. The van der Waals surface area contributed by atoms with Gasteiger partial charge in [-0.1, -0.05) is 19.1 Å². The summed E-state index contributed by atoms with van der Waals surface area (Å²) in [5, 5.41) is 0. The smallest absolute Gasteiger partial charge is 0.0690 e. The number of hydrogen-bond donors (Lipinski definition) is 2. The van der Waals surface area contributed by atoms with Gasteiger partial charge in [0.1, 0.15) is 0 Å². The maximum Gasteiger partial charge on any atom is 0.0690 e. The Morgan fingerprint density at radius 3 is 2.68 bits per heavy atom. The SMILES string of the molecule is CCc1ccc(CC(NN)c2ncccc2C)nc1. The van der Waals surface area contributed by atoms with Crippen molar-refractivity contribution in [3.8, 4) is 0 Å². The highest BCUT2D eigenvalue weighted by Gasteiger charge is 2.14. The predicted octanol–water partition coefficient (Wildman–Crippen LogP) is 2.09. The zero-order valence-corrected chi connectivity index (χ0v) is 11.4. The summed E-state index contributed by atoms with van der Waals surface area (Å²) in [5.74, 6) is 5.66. The molecule has 0 aliphatic heterocycles. The third kappa shape index (κ3) is 3.36. The molecule has 0 fully saturated rings. The molecule has 1 atom stereocenters. The van der Waals surface area contributed by atoms with Crippen molar-refractivity contribution in [3.63, 3.8) is 0 Å². The zero-order chi connectivity index (χ0) is 13.7. The largest absolute Gasteiger partial charge is 0.271 e. The van der Waals surface area contributed by atoms with Gasteiger partial charge in [-0.2, -0.15) is 0 Å². The number of hydrazine groups is 1. The van der Waals surface area contributed by atoms with E-state index in [-0.39, 0.29) is 6.04 Å². The van der Waals surface area contributed by atoms with Crippen LogP contribution in [0.5, 0.6) is 0 Å². The van der Waals surface area contributed by atoms with Gasteiger partial charge in [-0.05, 0) is 36.6 Å². The standard InChI is InChI=1S/C15H20N4/c1-3-12-6-7-13(18-10-12)9-14(19-16)15-11(2)5-4-8-17-15/h4-8,10,14,19H,3,9,16H2,1-2H3. The van der Waals surface area contributed by atoms with Crippen molar-refractivity contribution in [1.29, 1.82) is 0 Å². The minimum absolute atomic E-state index is 0.0128. The third-order valence-corrected chi connectivity index (χ3v) is 3.29. The fourth-order valence-corrected chi connectivity index (χ4v) is 2.09. The second-order valence-electron chi connectivity index (χ2n) is 4.64. The minimum atomic E-state index is -0.0128. The molecule has 0 saturated heterocycles. The van der Waals surface area contributed by atoms with E-state index in [1.807, 2.05) is 25.3 Å². The maximum absolute atomic E-state index is 5.66. The van der Waals surface area contributed by atoms with E-state index < -0.39 is 0 Å². The van der Waals surface area contributed by atoms with Crippen LogP contribution in [0, 0.1) is 6.92 Å². The first kappa shape index (κ1) is 13.6. The molecule has 2 aromatic rings. The summed E-state index contributed by atoms with van der Waals surface area (Å²) in [5.41, 5.74) is 7.21. The maximum atomic E-state index is 5.66. The molecule has 4 heteroatoms. The fourth-order valence-electron chi connectivity index (χ4n) is 2.09. The number of aromatic nitrogens is 2. The summed E-state index contributed by atoms with van der Waals surface area (Å²) < 4.78 is 0. The molecule has 19 heavy (non-hydrogen) atoms. The van der Waals surface area contributed by atoms with Crippen molar-refractivity contribution in [1.82, 2.24) is 15.4 Å². The molecule has 0 saturated carbocycles. The highest BCUT2D eigenvalue weighted by Crippen LogP contribution is 2.18. The van der Waals surface area contributed by atoms with Crippen molar-refractivity contribution in [2.24, 2.45) is 5.84 Å². The van der Waals surface area contributed by atoms with E-state index in [1.165, 1.54) is 5.56 Å². The lowest BCUT2D eigenvalue weighted by molar-refractivity contribution is 0.530. The van der Waals surface area contributed by atoms with Crippen LogP contribution in [0.2, 0.25) is 0 Å². The predicted molar refractivity (Wildman–Crippen MR) is 76.4 cm³/mol. The quantitative estimate of drug-likeness (QED) is 0.635. The first-order chi connectivity index (χ1) is 9.24. The topological polar surface area (TPSA) is 63.8 Å². The van der Waals surface area contributed by atoms with Crippen molar-refractivity contribution in [2.45, 2.75) is 32.7 Å². The van der Waals surface area contributed by atoms with Gasteiger partial charge in [-0.15, -0.1) is 0 Å². The molecule has 100 valence electrons. The van der Waals surface area contributed by atoms with Crippen molar-refractivity contribution >= 4 is 0 Å². The first-order valence-electron chi connectivity index (χ1n) is 6.56. The number of aryl methyl sites for hydroxylation is 2. The molecular weight excluding hydrogens is 236 g/mol. The fraction of sp³-hybridized carbons (Fsp3) is 0.333. The monoisotopic (exact) mass is 256 g/mol. The Kier molecular flexibility index (Phi) is 4.60. The molecule has 2 heterocycles. The third-order valence-electron chi connectivity index (χ3n) is 3.29. The van der Waals surface area contributed by atoms with Gasteiger partial charge in [0.25, 0.3) is 0 Å². The van der Waals surface area contributed by atoms with E-state index >= 15 is 0 Å². The van der Waals surface area contributed by atoms with E-state index in [4.69, 9.17) is 5.84 Å². The Morgan fingerprint density at radius 1 is 1.26 bits per heavy atom. The Morgan fingerprint density at radius 2 is 2.11 bits per heavy atom. The first-order valence-corrected chi connectivity index (χ1v) is 6.56. The van der Waals surface area contributed by atoms with Gasteiger partial charge in [0, 0.05) is 24.5 Å². The number of nitrogens with one attached hydrogen (secondary N) is 1. The van der Waals surface area contributed by atoms with Crippen LogP contribution in [0.25, 0.3) is 0 Å². The molecule has 0 aromatic carbocycles. The van der Waals surface area contributed by atoms with E-state index in [0.717, 1.165) is 29.8 Å². The van der Waals surface area contributed by atoms with Gasteiger partial charge in [0.2, 0.25) is 0 Å². The van der Waals surface area contributed by atoms with Gasteiger partial charge in [-0.3, -0.25) is 21.2 Å². The summed E-state index contributed by atoms with van der Waals surface area (Å²) in [4.78, 5) is 8.88. The van der Waals surface area contributed by atoms with Gasteiger partial charge in [0.05, 0.1) is 11.7 Å². The van der Waals surface area contributed by atoms with Crippen LogP contribution in [0.3, 0.4) is 0 Å². The van der Waals surface area contributed by atoms with Crippen molar-refractivity contribution in [2.75, 3.05) is 0 Å². The van der Waals surface area contributed by atoms with E-state index in [2.05, 4.69) is 34.5 Å². The lowest BCUT2D eigenvalue weighted by Gasteiger charge is -2.17. The van der Waals surface area contributed by atoms with Crippen LogP contribution < -0.4 is 11.3 Å². The van der Waals surface area contributed by atoms with Gasteiger partial charge in [-0.25, -0.2) is 0 Å². The van der Waals surface area contributed by atoms with Gasteiger partial charge in [0.15, 0.2) is 0 Å². The van der Waals surface area contributed by atoms with Crippen LogP contribution in [0.4, 0.5) is 0 Å². The van der Waals surface area contributed by atoms with Crippen LogP contribution in [-0.4, -0.2) is 9.97 Å². The summed E-state index contributed by atoms with van der Waals surface area (Å²) >= 11 is 0. The molecule has 0 aliphatic carbocycles. The van der Waals surface area contributed by atoms with Crippen LogP contribution in [0.1, 0.15) is 35.5 Å². The molecule has 3 N–H and O–H groups in total. The highest BCUT2D eigenvalue weighted by molar-refractivity contribution is 5.23. The second-order valence-corrected chi connectivity index (χ2v) is 4.64. The second kappa shape index (κ2) is 6.41. The molecule has 0 bridgehead atoms. The Labute approximate surface area is 114 Å². The molecule has 0 spiro atoms. The summed E-state index contributed by atoms with van der Waals surface area (Å²) in [6.07, 6.45) is 5.46. The molecular formula is C15H20N4. The number of nitrogens with zero attached hydrogens (tertiary/aromatic N) is 2. The Hall–Kier alpha value is -1.78. The number of nitrogens with two attached hydrogens (primary N) is 1. The molecule has 2 aromatic heterocycles. The number of hydrogen-bond acceptors (Lipinski definition) is 4. The lowest BCUT2D eigenvalue weighted by Crippen LogP contribution is -2.31. The van der Waals surface area contributed by atoms with Crippen molar-refractivity contribution < 1.29 is 0 Å². The molecule has 2 rings (SSSR count). The zero-order valence-electron chi connectivity index (χ0n) is 11.4. The van der Waals surface area contributed by atoms with Crippen LogP contribution in [0.15, 0.2) is 36.7 Å². The molecule has 0 amide bonds. The molecule has 4 nitrogen and oxygen atoms in total. The van der Waals surface area contributed by atoms with E-state index in [0.29, 0.717) is 0 Å². The van der Waals surface area contributed by atoms with Crippen LogP contribution >= 0.6 is 0 Å². The normalized spacial score (nSPS) is 12.4. The minimum Gasteiger partial charge on any atom is -0.271 e. The molecule has 1 unspecified atom stereocenters. The van der Waals surface area contributed by atoms with Crippen LogP contribution in [-0.2, 0) is 12.8 Å². The number of rotatable bonds is 5. The van der Waals surface area contributed by atoms with Gasteiger partial charge < -0.3 is 0 Å². The average Bonchev–Trinajstić information content (AvgIpc) is 2.46. The number of pyridine rings is 2. The summed E-state index contributed by atoms with van der Waals surface area (Å²) in [6.45, 7) is 4.17. The van der Waals surface area contributed by atoms with E-state index in [9.17, 15) is 0 Å². The Bertz CT molecular complexity index is 522. The Balaban J connectivity index is 2.17. The average molecular weight is 256 g/mol. The summed E-state index contributed by atoms with van der Waals surface area (Å²) in [7, 11) is 0. The van der Waals surface area contributed by atoms with Gasteiger partial charge >= 0.3 is 0 Å². The van der Waals surface area contributed by atoms with Crippen molar-refractivity contribution in [3.05, 3.63) is 59.2 Å². The summed E-state index contributed by atoms with van der Waals surface area (Å²) in [6, 6.07) is 8.13. The van der Waals surface area contributed by atoms with E-state index in [1.54, 1.807) is 6.20 Å². The molecule has 0 aliphatic rings. The lowest BCUT2D eigenvalue weighted by atomic mass is 10.0.